The van der Waals surface area contributed by atoms with Gasteiger partial charge in [0.1, 0.15) is 10.7 Å². The average molecular weight is 448 g/mol. The second-order valence-corrected chi connectivity index (χ2v) is 10.1. The van der Waals surface area contributed by atoms with Crippen molar-refractivity contribution in [1.29, 1.82) is 0 Å². The Balaban J connectivity index is 1.40. The largest absolute Gasteiger partial charge is 0.382 e. The summed E-state index contributed by atoms with van der Waals surface area (Å²) in [6, 6.07) is 1.83. The maximum atomic E-state index is 13.2. The Morgan fingerprint density at radius 3 is 2.73 bits per heavy atom. The van der Waals surface area contributed by atoms with E-state index >= 15 is 0 Å². The predicted octanol–water partition coefficient (Wildman–Crippen LogP) is 3.45. The lowest BCUT2D eigenvalue weighted by molar-refractivity contribution is 0.133. The van der Waals surface area contributed by atoms with Crippen LogP contribution in [0.25, 0.3) is 0 Å². The van der Waals surface area contributed by atoms with Gasteiger partial charge in [-0.3, -0.25) is 14.3 Å². The van der Waals surface area contributed by atoms with Crippen molar-refractivity contribution in [3.8, 4) is 0 Å². The predicted molar refractivity (Wildman–Crippen MR) is 119 cm³/mol. The van der Waals surface area contributed by atoms with Gasteiger partial charge < -0.3 is 15.4 Å². The molecule has 2 aromatic heterocycles. The van der Waals surface area contributed by atoms with Crippen LogP contribution in [0, 0.1) is 5.41 Å². The molecule has 2 saturated heterocycles. The molecule has 2 aromatic rings. The van der Waals surface area contributed by atoms with Gasteiger partial charge in [-0.2, -0.15) is 4.98 Å². The molecule has 1 spiro atoms. The third-order valence-electron chi connectivity index (χ3n) is 6.60. The van der Waals surface area contributed by atoms with Crippen LogP contribution < -0.4 is 16.2 Å². The fourth-order valence-corrected chi connectivity index (χ4v) is 5.76. The zero-order valence-corrected chi connectivity index (χ0v) is 18.6. The van der Waals surface area contributed by atoms with Crippen molar-refractivity contribution >= 4 is 35.1 Å². The molecule has 0 atom stereocenters. The van der Waals surface area contributed by atoms with E-state index in [1.807, 2.05) is 6.07 Å². The number of hydrogen-bond acceptors (Lipinski definition) is 7. The zero-order chi connectivity index (χ0) is 20.9. The van der Waals surface area contributed by atoms with Crippen molar-refractivity contribution in [3.05, 3.63) is 33.3 Å². The Hall–Kier alpha value is -1.77. The van der Waals surface area contributed by atoms with Gasteiger partial charge in [0, 0.05) is 43.8 Å². The Morgan fingerprint density at radius 1 is 1.30 bits per heavy atom. The second kappa shape index (κ2) is 7.73. The standard InChI is InChI=1S/C21H26ClN5O2S/c1-26-19(28)17(30-14-4-8-24-16(15(14)22)13-2-3-13)18(23)25-20(26)27-9-5-21(6-10-27)7-11-29-12-21/h4,8,13H,2-3,5-7,9-12,23H2,1H3. The molecule has 0 radical (unpaired) electrons. The smallest absolute Gasteiger partial charge is 0.270 e. The molecule has 9 heteroatoms. The molecule has 1 aliphatic carbocycles. The number of piperidine rings is 1. The molecule has 2 aliphatic heterocycles. The van der Waals surface area contributed by atoms with Gasteiger partial charge in [-0.15, -0.1) is 0 Å². The Bertz CT molecular complexity index is 1020. The quantitative estimate of drug-likeness (QED) is 0.768. The van der Waals surface area contributed by atoms with Crippen LogP contribution in [0.2, 0.25) is 5.02 Å². The third-order valence-corrected chi connectivity index (χ3v) is 8.26. The first-order valence-electron chi connectivity index (χ1n) is 10.5. The first-order valence-corrected chi connectivity index (χ1v) is 11.7. The van der Waals surface area contributed by atoms with Gasteiger partial charge >= 0.3 is 0 Å². The lowest BCUT2D eigenvalue weighted by atomic mass is 9.78. The molecule has 2 N–H and O–H groups in total. The van der Waals surface area contributed by atoms with Crippen molar-refractivity contribution in [2.45, 2.75) is 47.8 Å². The first kappa shape index (κ1) is 20.2. The number of halogens is 1. The number of nitrogens with zero attached hydrogens (tertiary/aromatic N) is 4. The summed E-state index contributed by atoms with van der Waals surface area (Å²) >= 11 is 7.86. The fraction of sp³-hybridized carbons (Fsp3) is 0.571. The number of hydrogen-bond donors (Lipinski definition) is 1. The molecule has 30 heavy (non-hydrogen) atoms. The average Bonchev–Trinajstić information content (AvgIpc) is 3.50. The zero-order valence-electron chi connectivity index (χ0n) is 17.1. The van der Waals surface area contributed by atoms with Gasteiger partial charge in [-0.1, -0.05) is 23.4 Å². The van der Waals surface area contributed by atoms with E-state index in [4.69, 9.17) is 22.1 Å². The van der Waals surface area contributed by atoms with Crippen LogP contribution in [0.4, 0.5) is 11.8 Å². The molecule has 0 amide bonds. The highest BCUT2D eigenvalue weighted by Crippen LogP contribution is 2.45. The Labute approximate surface area is 185 Å². The highest BCUT2D eigenvalue weighted by atomic mass is 35.5. The van der Waals surface area contributed by atoms with Crippen molar-refractivity contribution in [1.82, 2.24) is 14.5 Å². The van der Waals surface area contributed by atoms with Crippen LogP contribution in [-0.2, 0) is 11.8 Å². The number of anilines is 2. The highest BCUT2D eigenvalue weighted by Gasteiger charge is 2.39. The maximum absolute atomic E-state index is 13.2. The summed E-state index contributed by atoms with van der Waals surface area (Å²) < 4.78 is 7.23. The minimum atomic E-state index is -0.146. The molecule has 0 aromatic carbocycles. The van der Waals surface area contributed by atoms with E-state index in [-0.39, 0.29) is 11.4 Å². The molecule has 1 saturated carbocycles. The molecule has 160 valence electrons. The lowest BCUT2D eigenvalue weighted by Gasteiger charge is -2.39. The molecular weight excluding hydrogens is 422 g/mol. The monoisotopic (exact) mass is 447 g/mol. The number of pyridine rings is 1. The topological polar surface area (TPSA) is 86.3 Å². The van der Waals surface area contributed by atoms with Gasteiger partial charge in [-0.05, 0) is 43.6 Å². The number of nitrogen functional groups attached to an aromatic ring is 1. The Morgan fingerprint density at radius 2 is 2.07 bits per heavy atom. The number of aromatic nitrogens is 3. The lowest BCUT2D eigenvalue weighted by Crippen LogP contribution is -2.43. The number of nitrogens with two attached hydrogens (primary N) is 1. The van der Waals surface area contributed by atoms with Gasteiger partial charge in [0.05, 0.1) is 17.3 Å². The van der Waals surface area contributed by atoms with Gasteiger partial charge in [0.2, 0.25) is 5.95 Å². The molecule has 4 heterocycles. The van der Waals surface area contributed by atoms with Crippen LogP contribution in [0.1, 0.15) is 43.7 Å². The SMILES string of the molecule is Cn1c(N2CCC3(CCOC3)CC2)nc(N)c(Sc2ccnc(C3CC3)c2Cl)c1=O. The summed E-state index contributed by atoms with van der Waals surface area (Å²) in [6.45, 7) is 3.42. The molecule has 3 fully saturated rings. The van der Waals surface area contributed by atoms with Crippen LogP contribution in [0.3, 0.4) is 0 Å². The minimum Gasteiger partial charge on any atom is -0.382 e. The summed E-state index contributed by atoms with van der Waals surface area (Å²) in [7, 11) is 1.76. The molecular formula is C21H26ClN5O2S. The third kappa shape index (κ3) is 3.59. The molecule has 3 aliphatic rings. The van der Waals surface area contributed by atoms with Crippen molar-refractivity contribution in [2.24, 2.45) is 12.5 Å². The first-order chi connectivity index (χ1) is 14.5. The summed E-state index contributed by atoms with van der Waals surface area (Å²) in [5.74, 6) is 1.32. The van der Waals surface area contributed by atoms with Crippen LogP contribution >= 0.6 is 23.4 Å². The molecule has 7 nitrogen and oxygen atoms in total. The summed E-state index contributed by atoms with van der Waals surface area (Å²) in [5.41, 5.74) is 7.34. The van der Waals surface area contributed by atoms with E-state index in [9.17, 15) is 4.79 Å². The second-order valence-electron chi connectivity index (χ2n) is 8.66. The van der Waals surface area contributed by atoms with Crippen LogP contribution in [-0.4, -0.2) is 40.8 Å². The summed E-state index contributed by atoms with van der Waals surface area (Å²) in [6.07, 6.45) is 7.21. The van der Waals surface area contributed by atoms with Crippen molar-refractivity contribution < 1.29 is 4.74 Å². The van der Waals surface area contributed by atoms with E-state index < -0.39 is 0 Å². The van der Waals surface area contributed by atoms with Gasteiger partial charge in [0.25, 0.3) is 5.56 Å². The van der Waals surface area contributed by atoms with E-state index in [1.54, 1.807) is 17.8 Å². The molecule has 0 unspecified atom stereocenters. The normalized spacial score (nSPS) is 20.8. The van der Waals surface area contributed by atoms with Gasteiger partial charge in [0.15, 0.2) is 0 Å². The maximum Gasteiger partial charge on any atom is 0.270 e. The highest BCUT2D eigenvalue weighted by molar-refractivity contribution is 7.99. The number of rotatable bonds is 4. The summed E-state index contributed by atoms with van der Waals surface area (Å²) in [5, 5.41) is 0.621. The van der Waals surface area contributed by atoms with Crippen LogP contribution in [0.15, 0.2) is 26.8 Å². The van der Waals surface area contributed by atoms with Crippen LogP contribution in [0.5, 0.6) is 0 Å². The van der Waals surface area contributed by atoms with E-state index in [0.717, 1.165) is 69.0 Å². The fourth-order valence-electron chi connectivity index (χ4n) is 4.46. The van der Waals surface area contributed by atoms with Crippen molar-refractivity contribution in [2.75, 3.05) is 36.9 Å². The molecule has 0 bridgehead atoms. The Kier molecular flexibility index (Phi) is 5.19. The van der Waals surface area contributed by atoms with Gasteiger partial charge in [-0.25, -0.2) is 0 Å². The summed E-state index contributed by atoms with van der Waals surface area (Å²) in [4.78, 5) is 25.6. The van der Waals surface area contributed by atoms with E-state index in [2.05, 4.69) is 14.9 Å². The number of ether oxygens (including phenoxy) is 1. The molecule has 5 rings (SSSR count). The van der Waals surface area contributed by atoms with E-state index in [1.165, 1.54) is 11.8 Å². The minimum absolute atomic E-state index is 0.146. The van der Waals surface area contributed by atoms with E-state index in [0.29, 0.717) is 27.2 Å². The van der Waals surface area contributed by atoms with Crippen molar-refractivity contribution in [3.63, 3.8) is 0 Å².